The highest BCUT2D eigenvalue weighted by Gasteiger charge is 2.11. The van der Waals surface area contributed by atoms with Gasteiger partial charge < -0.3 is 4.74 Å². The first-order valence-electron chi connectivity index (χ1n) is 5.40. The van der Waals surface area contributed by atoms with E-state index in [4.69, 9.17) is 10.00 Å². The lowest BCUT2D eigenvalue weighted by Gasteiger charge is -2.05. The SMILES string of the molecule is COc1ccc(F)cc1-c1nc(CCC#N)cs1. The molecule has 0 fully saturated rings. The minimum atomic E-state index is -0.320. The van der Waals surface area contributed by atoms with Crippen molar-refractivity contribution < 1.29 is 9.13 Å². The minimum Gasteiger partial charge on any atom is -0.496 e. The molecule has 1 heterocycles. The summed E-state index contributed by atoms with van der Waals surface area (Å²) in [5, 5.41) is 11.1. The number of hydrogen-bond donors (Lipinski definition) is 0. The van der Waals surface area contributed by atoms with Crippen molar-refractivity contribution in [1.29, 1.82) is 5.26 Å². The average Bonchev–Trinajstić information content (AvgIpc) is 2.85. The summed E-state index contributed by atoms with van der Waals surface area (Å²) < 4.78 is 18.4. The summed E-state index contributed by atoms with van der Waals surface area (Å²) in [6.07, 6.45) is 1.05. The molecule has 0 unspecified atom stereocenters. The first kappa shape index (κ1) is 12.5. The fourth-order valence-electron chi connectivity index (χ4n) is 1.58. The number of aromatic nitrogens is 1. The third-order valence-electron chi connectivity index (χ3n) is 2.44. The van der Waals surface area contributed by atoms with Crippen LogP contribution >= 0.6 is 11.3 Å². The molecule has 0 amide bonds. The van der Waals surface area contributed by atoms with E-state index in [0.29, 0.717) is 29.2 Å². The van der Waals surface area contributed by atoms with Crippen molar-refractivity contribution in [2.75, 3.05) is 7.11 Å². The van der Waals surface area contributed by atoms with E-state index in [1.807, 2.05) is 5.38 Å². The molecule has 2 aromatic rings. The van der Waals surface area contributed by atoms with Crippen LogP contribution in [-0.2, 0) is 6.42 Å². The Kier molecular flexibility index (Phi) is 3.90. The molecule has 1 aromatic carbocycles. The number of methoxy groups -OCH3 is 1. The highest BCUT2D eigenvalue weighted by molar-refractivity contribution is 7.13. The zero-order valence-corrected chi connectivity index (χ0v) is 10.6. The molecule has 0 spiro atoms. The maximum Gasteiger partial charge on any atom is 0.129 e. The Morgan fingerprint density at radius 3 is 3.06 bits per heavy atom. The Balaban J connectivity index is 2.33. The molecular formula is C13H11FN2OS. The van der Waals surface area contributed by atoms with Crippen molar-refractivity contribution in [2.24, 2.45) is 0 Å². The van der Waals surface area contributed by atoms with Crippen LogP contribution in [0.3, 0.4) is 0 Å². The maximum atomic E-state index is 13.3. The molecule has 0 radical (unpaired) electrons. The van der Waals surface area contributed by atoms with Gasteiger partial charge in [0.2, 0.25) is 0 Å². The van der Waals surface area contributed by atoms with Crippen molar-refractivity contribution in [2.45, 2.75) is 12.8 Å². The van der Waals surface area contributed by atoms with E-state index < -0.39 is 0 Å². The number of benzene rings is 1. The van der Waals surface area contributed by atoms with Crippen molar-refractivity contribution in [3.63, 3.8) is 0 Å². The van der Waals surface area contributed by atoms with Gasteiger partial charge in [0.15, 0.2) is 0 Å². The number of nitrogens with zero attached hydrogens (tertiary/aromatic N) is 2. The smallest absolute Gasteiger partial charge is 0.129 e. The number of ether oxygens (including phenoxy) is 1. The van der Waals surface area contributed by atoms with Crippen molar-refractivity contribution in [3.05, 3.63) is 35.1 Å². The molecule has 0 saturated heterocycles. The van der Waals surface area contributed by atoms with E-state index in [0.717, 1.165) is 5.69 Å². The van der Waals surface area contributed by atoms with Crippen molar-refractivity contribution in [3.8, 4) is 22.4 Å². The predicted molar refractivity (Wildman–Crippen MR) is 68.0 cm³/mol. The molecule has 0 saturated carbocycles. The van der Waals surface area contributed by atoms with E-state index in [2.05, 4.69) is 11.1 Å². The number of nitriles is 1. The van der Waals surface area contributed by atoms with Crippen LogP contribution in [-0.4, -0.2) is 12.1 Å². The lowest BCUT2D eigenvalue weighted by molar-refractivity contribution is 0.415. The van der Waals surface area contributed by atoms with E-state index in [1.165, 1.54) is 23.5 Å². The predicted octanol–water partition coefficient (Wildman–Crippen LogP) is 3.41. The number of hydrogen-bond acceptors (Lipinski definition) is 4. The standard InChI is InChI=1S/C13H11FN2OS/c1-17-12-5-4-9(14)7-11(12)13-16-10(8-18-13)3-2-6-15/h4-5,7-8H,2-3H2,1H3. The molecule has 2 rings (SSSR count). The summed E-state index contributed by atoms with van der Waals surface area (Å²) in [4.78, 5) is 4.39. The molecule has 18 heavy (non-hydrogen) atoms. The van der Waals surface area contributed by atoms with Crippen LogP contribution < -0.4 is 4.74 Å². The third-order valence-corrected chi connectivity index (χ3v) is 3.36. The quantitative estimate of drug-likeness (QED) is 0.848. The molecular weight excluding hydrogens is 251 g/mol. The normalized spacial score (nSPS) is 10.1. The van der Waals surface area contributed by atoms with Crippen LogP contribution in [0.2, 0.25) is 0 Å². The topological polar surface area (TPSA) is 45.9 Å². The van der Waals surface area contributed by atoms with Gasteiger partial charge in [-0.3, -0.25) is 0 Å². The zero-order chi connectivity index (χ0) is 13.0. The zero-order valence-electron chi connectivity index (χ0n) is 9.81. The molecule has 5 heteroatoms. The summed E-state index contributed by atoms with van der Waals surface area (Å²) in [5.41, 5.74) is 1.49. The summed E-state index contributed by atoms with van der Waals surface area (Å²) in [6, 6.07) is 6.42. The van der Waals surface area contributed by atoms with Gasteiger partial charge in [-0.1, -0.05) is 0 Å². The molecule has 0 aliphatic heterocycles. The van der Waals surface area contributed by atoms with Crippen LogP contribution in [0.5, 0.6) is 5.75 Å². The number of rotatable bonds is 4. The van der Waals surface area contributed by atoms with Gasteiger partial charge in [0.05, 0.1) is 24.4 Å². The molecule has 0 aliphatic rings. The second-order valence-electron chi connectivity index (χ2n) is 3.65. The van der Waals surface area contributed by atoms with Crippen LogP contribution in [0.25, 0.3) is 10.6 Å². The molecule has 0 aliphatic carbocycles. The molecule has 1 aromatic heterocycles. The van der Waals surface area contributed by atoms with Gasteiger partial charge >= 0.3 is 0 Å². The van der Waals surface area contributed by atoms with Gasteiger partial charge in [-0.2, -0.15) is 5.26 Å². The van der Waals surface area contributed by atoms with E-state index in [-0.39, 0.29) is 5.82 Å². The average molecular weight is 262 g/mol. The number of thiazole rings is 1. The summed E-state index contributed by atoms with van der Waals surface area (Å²) in [6.45, 7) is 0. The Hall–Kier alpha value is -1.93. The molecule has 0 bridgehead atoms. The van der Waals surface area contributed by atoms with E-state index in [9.17, 15) is 4.39 Å². The van der Waals surface area contributed by atoms with Crippen LogP contribution in [0.4, 0.5) is 4.39 Å². The highest BCUT2D eigenvalue weighted by Crippen LogP contribution is 2.32. The van der Waals surface area contributed by atoms with Crippen LogP contribution in [0.15, 0.2) is 23.6 Å². The largest absolute Gasteiger partial charge is 0.496 e. The lowest BCUT2D eigenvalue weighted by atomic mass is 10.2. The Labute approximate surface area is 108 Å². The maximum absolute atomic E-state index is 13.3. The van der Waals surface area contributed by atoms with E-state index >= 15 is 0 Å². The molecule has 92 valence electrons. The van der Waals surface area contributed by atoms with E-state index in [1.54, 1.807) is 13.2 Å². The van der Waals surface area contributed by atoms with Gasteiger partial charge in [-0.25, -0.2) is 9.37 Å². The number of halogens is 1. The Morgan fingerprint density at radius 1 is 1.50 bits per heavy atom. The Bertz CT molecular complexity index is 589. The van der Waals surface area contributed by atoms with Crippen LogP contribution in [0.1, 0.15) is 12.1 Å². The Morgan fingerprint density at radius 2 is 2.33 bits per heavy atom. The lowest BCUT2D eigenvalue weighted by Crippen LogP contribution is -1.90. The van der Waals surface area contributed by atoms with Gasteiger partial charge in [-0.05, 0) is 18.2 Å². The van der Waals surface area contributed by atoms with Gasteiger partial charge in [0.25, 0.3) is 0 Å². The number of aryl methyl sites for hydroxylation is 1. The fraction of sp³-hybridized carbons (Fsp3) is 0.231. The molecule has 0 N–H and O–H groups in total. The fourth-order valence-corrected chi connectivity index (χ4v) is 2.45. The first-order valence-corrected chi connectivity index (χ1v) is 6.28. The first-order chi connectivity index (χ1) is 8.74. The molecule has 0 atom stereocenters. The summed E-state index contributed by atoms with van der Waals surface area (Å²) in [5.74, 6) is 0.275. The van der Waals surface area contributed by atoms with Crippen molar-refractivity contribution in [1.82, 2.24) is 4.98 Å². The van der Waals surface area contributed by atoms with Crippen LogP contribution in [0, 0.1) is 17.1 Å². The minimum absolute atomic E-state index is 0.320. The third kappa shape index (κ3) is 2.66. The van der Waals surface area contributed by atoms with Gasteiger partial charge in [0, 0.05) is 18.2 Å². The van der Waals surface area contributed by atoms with Crippen molar-refractivity contribution >= 4 is 11.3 Å². The monoisotopic (exact) mass is 262 g/mol. The second-order valence-corrected chi connectivity index (χ2v) is 4.50. The summed E-state index contributed by atoms with van der Waals surface area (Å²) >= 11 is 1.42. The second kappa shape index (κ2) is 5.61. The van der Waals surface area contributed by atoms with Gasteiger partial charge in [-0.15, -0.1) is 11.3 Å². The van der Waals surface area contributed by atoms with Gasteiger partial charge in [0.1, 0.15) is 16.6 Å². The highest BCUT2D eigenvalue weighted by atomic mass is 32.1. The molecule has 3 nitrogen and oxygen atoms in total. The summed E-state index contributed by atoms with van der Waals surface area (Å²) in [7, 11) is 1.54.